The first-order valence-electron chi connectivity index (χ1n) is 5.86. The summed E-state index contributed by atoms with van der Waals surface area (Å²) in [5, 5.41) is 12.0. The Labute approximate surface area is 105 Å². The van der Waals surface area contributed by atoms with Crippen molar-refractivity contribution in [1.29, 1.82) is 5.26 Å². The molecule has 2 rings (SSSR count). The van der Waals surface area contributed by atoms with E-state index in [2.05, 4.69) is 11.4 Å². The van der Waals surface area contributed by atoms with Crippen LogP contribution < -0.4 is 5.32 Å². The highest BCUT2D eigenvalue weighted by atomic mass is 32.1. The highest BCUT2D eigenvalue weighted by Gasteiger charge is 2.44. The SMILES string of the molecule is Cc1ccc(C(C)NC(=O)C2(C#N)CCC2)s1. The van der Waals surface area contributed by atoms with Gasteiger partial charge in [0.05, 0.1) is 12.1 Å². The fourth-order valence-electron chi connectivity index (χ4n) is 2.01. The van der Waals surface area contributed by atoms with Crippen LogP contribution in [0.3, 0.4) is 0 Å². The Kier molecular flexibility index (Phi) is 3.21. The molecule has 1 aliphatic rings. The zero-order valence-corrected chi connectivity index (χ0v) is 10.9. The number of aryl methyl sites for hydroxylation is 1. The Morgan fingerprint density at radius 1 is 1.59 bits per heavy atom. The number of hydrogen-bond donors (Lipinski definition) is 1. The maximum atomic E-state index is 12.0. The maximum absolute atomic E-state index is 12.0. The molecule has 1 aliphatic carbocycles. The topological polar surface area (TPSA) is 52.9 Å². The molecule has 0 aromatic carbocycles. The van der Waals surface area contributed by atoms with Crippen LogP contribution in [0.4, 0.5) is 0 Å². The van der Waals surface area contributed by atoms with E-state index in [4.69, 9.17) is 5.26 Å². The molecule has 0 bridgehead atoms. The number of thiophene rings is 1. The number of rotatable bonds is 3. The van der Waals surface area contributed by atoms with Gasteiger partial charge in [-0.25, -0.2) is 0 Å². The van der Waals surface area contributed by atoms with Gasteiger partial charge in [-0.2, -0.15) is 5.26 Å². The van der Waals surface area contributed by atoms with E-state index in [9.17, 15) is 4.79 Å². The van der Waals surface area contributed by atoms with E-state index < -0.39 is 5.41 Å². The van der Waals surface area contributed by atoms with Gasteiger partial charge < -0.3 is 5.32 Å². The summed E-state index contributed by atoms with van der Waals surface area (Å²) in [4.78, 5) is 14.4. The van der Waals surface area contributed by atoms with Crippen molar-refractivity contribution in [2.75, 3.05) is 0 Å². The highest BCUT2D eigenvalue weighted by molar-refractivity contribution is 7.12. The lowest BCUT2D eigenvalue weighted by atomic mass is 9.69. The molecule has 4 heteroatoms. The molecule has 1 saturated carbocycles. The predicted molar refractivity (Wildman–Crippen MR) is 67.5 cm³/mol. The average molecular weight is 248 g/mol. The van der Waals surface area contributed by atoms with Crippen LogP contribution in [0.25, 0.3) is 0 Å². The lowest BCUT2D eigenvalue weighted by molar-refractivity contribution is -0.132. The molecule has 0 spiro atoms. The molecule has 1 atom stereocenters. The second kappa shape index (κ2) is 4.50. The molecule has 0 aliphatic heterocycles. The quantitative estimate of drug-likeness (QED) is 0.894. The van der Waals surface area contributed by atoms with Crippen molar-refractivity contribution in [3.8, 4) is 6.07 Å². The molecule has 90 valence electrons. The summed E-state index contributed by atoms with van der Waals surface area (Å²) >= 11 is 1.68. The Morgan fingerprint density at radius 2 is 2.29 bits per heavy atom. The minimum absolute atomic E-state index is 0.00738. The summed E-state index contributed by atoms with van der Waals surface area (Å²) in [6, 6.07) is 6.24. The second-order valence-electron chi connectivity index (χ2n) is 4.69. The summed E-state index contributed by atoms with van der Waals surface area (Å²) in [6.07, 6.45) is 2.38. The smallest absolute Gasteiger partial charge is 0.240 e. The van der Waals surface area contributed by atoms with Gasteiger partial charge in [0.2, 0.25) is 5.91 Å². The average Bonchev–Trinajstić information content (AvgIpc) is 2.64. The van der Waals surface area contributed by atoms with Crippen LogP contribution in [0.15, 0.2) is 12.1 Å². The number of carbonyl (C=O) groups is 1. The van der Waals surface area contributed by atoms with Crippen LogP contribution >= 0.6 is 11.3 Å². The number of nitrogens with zero attached hydrogens (tertiary/aromatic N) is 1. The minimum atomic E-state index is -0.749. The van der Waals surface area contributed by atoms with Gasteiger partial charge in [0.25, 0.3) is 0 Å². The first-order valence-corrected chi connectivity index (χ1v) is 6.67. The maximum Gasteiger partial charge on any atom is 0.240 e. The molecule has 1 fully saturated rings. The number of carbonyl (C=O) groups excluding carboxylic acids is 1. The van der Waals surface area contributed by atoms with Gasteiger partial charge in [0.1, 0.15) is 5.41 Å². The van der Waals surface area contributed by atoms with Crippen LogP contribution in [0.2, 0.25) is 0 Å². The predicted octanol–water partition coefficient (Wildman–Crippen LogP) is 2.93. The Balaban J connectivity index is 2.02. The van der Waals surface area contributed by atoms with Crippen LogP contribution in [0.1, 0.15) is 42.0 Å². The largest absolute Gasteiger partial charge is 0.347 e. The molecule has 1 aromatic rings. The molecule has 1 N–H and O–H groups in total. The van der Waals surface area contributed by atoms with Gasteiger partial charge >= 0.3 is 0 Å². The van der Waals surface area contributed by atoms with Crippen LogP contribution in [-0.2, 0) is 4.79 Å². The Hall–Kier alpha value is -1.34. The summed E-state index contributed by atoms with van der Waals surface area (Å²) < 4.78 is 0. The monoisotopic (exact) mass is 248 g/mol. The molecule has 17 heavy (non-hydrogen) atoms. The summed E-state index contributed by atoms with van der Waals surface area (Å²) in [6.45, 7) is 4.01. The van der Waals surface area contributed by atoms with E-state index in [0.717, 1.165) is 11.3 Å². The van der Waals surface area contributed by atoms with E-state index in [-0.39, 0.29) is 11.9 Å². The fraction of sp³-hybridized carbons (Fsp3) is 0.538. The highest BCUT2D eigenvalue weighted by Crippen LogP contribution is 2.41. The Bertz CT molecular complexity index is 468. The van der Waals surface area contributed by atoms with Crippen molar-refractivity contribution in [2.24, 2.45) is 5.41 Å². The second-order valence-corrected chi connectivity index (χ2v) is 6.01. The summed E-state index contributed by atoms with van der Waals surface area (Å²) in [7, 11) is 0. The first kappa shape index (κ1) is 12.1. The van der Waals surface area contributed by atoms with E-state index in [0.29, 0.717) is 12.8 Å². The number of hydrogen-bond acceptors (Lipinski definition) is 3. The van der Waals surface area contributed by atoms with Gasteiger partial charge in [-0.15, -0.1) is 11.3 Å². The van der Waals surface area contributed by atoms with Crippen molar-refractivity contribution in [3.05, 3.63) is 21.9 Å². The Morgan fingerprint density at radius 3 is 2.71 bits per heavy atom. The lowest BCUT2D eigenvalue weighted by Crippen LogP contribution is -2.45. The summed E-state index contributed by atoms with van der Waals surface area (Å²) in [5.41, 5.74) is -0.749. The summed E-state index contributed by atoms with van der Waals surface area (Å²) in [5.74, 6) is -0.107. The van der Waals surface area contributed by atoms with Crippen molar-refractivity contribution >= 4 is 17.2 Å². The molecule has 1 heterocycles. The molecule has 1 unspecified atom stereocenters. The van der Waals surface area contributed by atoms with E-state index >= 15 is 0 Å². The molecule has 1 amide bonds. The third-order valence-electron chi connectivity index (χ3n) is 3.39. The van der Waals surface area contributed by atoms with E-state index in [1.807, 2.05) is 26.0 Å². The van der Waals surface area contributed by atoms with Crippen molar-refractivity contribution < 1.29 is 4.79 Å². The van der Waals surface area contributed by atoms with Gasteiger partial charge in [0.15, 0.2) is 0 Å². The van der Waals surface area contributed by atoms with Crippen LogP contribution in [0.5, 0.6) is 0 Å². The third kappa shape index (κ3) is 2.20. The van der Waals surface area contributed by atoms with E-state index in [1.54, 1.807) is 11.3 Å². The molecule has 1 aromatic heterocycles. The molecule has 3 nitrogen and oxygen atoms in total. The molecular weight excluding hydrogens is 232 g/mol. The standard InChI is InChI=1S/C13H16N2OS/c1-9-4-5-11(17-9)10(2)15-12(16)13(8-14)6-3-7-13/h4-5,10H,3,6-7H2,1-2H3,(H,15,16). The molecule has 0 saturated heterocycles. The van der Waals surface area contributed by atoms with Gasteiger partial charge in [-0.05, 0) is 45.2 Å². The first-order chi connectivity index (χ1) is 8.07. The van der Waals surface area contributed by atoms with Gasteiger partial charge in [0, 0.05) is 9.75 Å². The lowest BCUT2D eigenvalue weighted by Gasteiger charge is -2.34. The van der Waals surface area contributed by atoms with Crippen molar-refractivity contribution in [2.45, 2.75) is 39.2 Å². The third-order valence-corrected chi connectivity index (χ3v) is 4.57. The minimum Gasteiger partial charge on any atom is -0.347 e. The van der Waals surface area contributed by atoms with Gasteiger partial charge in [-0.3, -0.25) is 4.79 Å². The number of nitrogens with one attached hydrogen (secondary N) is 1. The fourth-order valence-corrected chi connectivity index (χ4v) is 2.89. The molecular formula is C13H16N2OS. The number of nitriles is 1. The van der Waals surface area contributed by atoms with Gasteiger partial charge in [-0.1, -0.05) is 0 Å². The van der Waals surface area contributed by atoms with Crippen LogP contribution in [-0.4, -0.2) is 5.91 Å². The van der Waals surface area contributed by atoms with E-state index in [1.165, 1.54) is 4.88 Å². The molecule has 0 radical (unpaired) electrons. The zero-order chi connectivity index (χ0) is 12.5. The van der Waals surface area contributed by atoms with Crippen LogP contribution in [0, 0.1) is 23.7 Å². The van der Waals surface area contributed by atoms with Crippen molar-refractivity contribution in [1.82, 2.24) is 5.32 Å². The zero-order valence-electron chi connectivity index (χ0n) is 10.1. The van der Waals surface area contributed by atoms with Crippen molar-refractivity contribution in [3.63, 3.8) is 0 Å². The number of amides is 1. The normalized spacial score (nSPS) is 18.9.